The van der Waals surface area contributed by atoms with Crippen molar-refractivity contribution in [2.24, 2.45) is 0 Å². The molecule has 0 radical (unpaired) electrons. The number of H-pyrrole nitrogens is 2. The molecule has 88 valence electrons. The summed E-state index contributed by atoms with van der Waals surface area (Å²) in [4.78, 5) is 20.6. The monoisotopic (exact) mass is 240 g/mol. The minimum absolute atomic E-state index is 0.472. The van der Waals surface area contributed by atoms with Gasteiger partial charge in [-0.3, -0.25) is 4.98 Å². The molecule has 6 heteroatoms. The Morgan fingerprint density at radius 3 is 3.06 bits per heavy atom. The van der Waals surface area contributed by atoms with Gasteiger partial charge < -0.3 is 9.40 Å². The fourth-order valence-corrected chi connectivity index (χ4v) is 1.88. The Hall–Kier alpha value is -2.81. The fraction of sp³-hybridized carbons (Fsp3) is 0.0833. The molecule has 0 aliphatic carbocycles. The molecule has 0 aliphatic heterocycles. The van der Waals surface area contributed by atoms with Gasteiger partial charge in [0.1, 0.15) is 11.7 Å². The zero-order chi connectivity index (χ0) is 12.5. The Morgan fingerprint density at radius 1 is 1.44 bits per heavy atom. The molecule has 3 aromatic rings. The van der Waals surface area contributed by atoms with Gasteiger partial charge in [0.15, 0.2) is 5.58 Å². The predicted octanol–water partition coefficient (Wildman–Crippen LogP) is 1.50. The van der Waals surface area contributed by atoms with E-state index in [0.717, 1.165) is 5.56 Å². The van der Waals surface area contributed by atoms with Gasteiger partial charge in [0, 0.05) is 12.4 Å². The highest BCUT2D eigenvalue weighted by atomic mass is 16.4. The van der Waals surface area contributed by atoms with Crippen LogP contribution in [0.3, 0.4) is 0 Å². The number of aromatic amines is 2. The number of benzene rings is 1. The molecule has 0 amide bonds. The first-order valence-corrected chi connectivity index (χ1v) is 5.29. The second-order valence-electron chi connectivity index (χ2n) is 3.81. The molecule has 0 saturated heterocycles. The molecule has 0 saturated carbocycles. The molecule has 0 bridgehead atoms. The van der Waals surface area contributed by atoms with Crippen molar-refractivity contribution in [1.82, 2.24) is 15.0 Å². The molecule has 1 aromatic carbocycles. The van der Waals surface area contributed by atoms with E-state index < -0.39 is 11.7 Å². The van der Waals surface area contributed by atoms with Crippen LogP contribution < -0.4 is 5.76 Å². The van der Waals surface area contributed by atoms with Crippen LogP contribution in [0, 0.1) is 11.3 Å². The molecule has 3 rings (SSSR count). The fourth-order valence-electron chi connectivity index (χ4n) is 1.88. The third-order valence-corrected chi connectivity index (χ3v) is 2.70. The number of hydrogen-bond acceptors (Lipinski definition) is 4. The Balaban J connectivity index is 2.13. The first-order valence-electron chi connectivity index (χ1n) is 5.29. The van der Waals surface area contributed by atoms with Gasteiger partial charge >= 0.3 is 5.76 Å². The third kappa shape index (κ3) is 1.58. The second-order valence-corrected chi connectivity index (χ2v) is 3.81. The van der Waals surface area contributed by atoms with E-state index in [-0.39, 0.29) is 0 Å². The average molecular weight is 240 g/mol. The number of fused-ring (bicyclic) bond motifs is 1. The van der Waals surface area contributed by atoms with Gasteiger partial charge in [-0.05, 0) is 17.7 Å². The molecule has 1 unspecified atom stereocenters. The van der Waals surface area contributed by atoms with Gasteiger partial charge in [-0.25, -0.2) is 9.78 Å². The smallest absolute Gasteiger partial charge is 0.408 e. The molecular formula is C12H8N4O2. The largest absolute Gasteiger partial charge is 0.417 e. The van der Waals surface area contributed by atoms with Crippen molar-refractivity contribution in [2.75, 3.05) is 0 Å². The summed E-state index contributed by atoms with van der Waals surface area (Å²) in [6.45, 7) is 0. The summed E-state index contributed by atoms with van der Waals surface area (Å²) in [6.07, 6.45) is 3.26. The standard InChI is InChI=1S/C12H8N4O2/c13-6-8(11-14-3-4-15-11)7-1-2-10-9(5-7)16-12(17)18-10/h1-5,8H,(H,14,15)(H,16,17). The lowest BCUT2D eigenvalue weighted by Crippen LogP contribution is -2.00. The molecular weight excluding hydrogens is 232 g/mol. The number of rotatable bonds is 2. The number of oxazole rings is 1. The highest BCUT2D eigenvalue weighted by Crippen LogP contribution is 2.23. The van der Waals surface area contributed by atoms with E-state index in [1.807, 2.05) is 0 Å². The van der Waals surface area contributed by atoms with Crippen LogP contribution in [0.4, 0.5) is 0 Å². The van der Waals surface area contributed by atoms with E-state index >= 15 is 0 Å². The maximum Gasteiger partial charge on any atom is 0.417 e. The summed E-state index contributed by atoms with van der Waals surface area (Å²) in [5.41, 5.74) is 1.79. The lowest BCUT2D eigenvalue weighted by Gasteiger charge is -2.05. The van der Waals surface area contributed by atoms with Gasteiger partial charge in [-0.1, -0.05) is 6.07 Å². The van der Waals surface area contributed by atoms with Crippen LogP contribution in [-0.2, 0) is 0 Å². The maximum atomic E-state index is 11.1. The Labute approximate surface area is 101 Å². The predicted molar refractivity (Wildman–Crippen MR) is 62.9 cm³/mol. The first-order chi connectivity index (χ1) is 8.78. The van der Waals surface area contributed by atoms with E-state index in [2.05, 4.69) is 21.0 Å². The number of hydrogen-bond donors (Lipinski definition) is 2. The molecule has 2 aromatic heterocycles. The minimum Gasteiger partial charge on any atom is -0.408 e. The second kappa shape index (κ2) is 3.89. The van der Waals surface area contributed by atoms with Gasteiger partial charge in [0.2, 0.25) is 0 Å². The maximum absolute atomic E-state index is 11.1. The summed E-state index contributed by atoms with van der Waals surface area (Å²) >= 11 is 0. The van der Waals surface area contributed by atoms with Crippen molar-refractivity contribution in [2.45, 2.75) is 5.92 Å². The molecule has 6 nitrogen and oxygen atoms in total. The first kappa shape index (κ1) is 10.4. The Kier molecular flexibility index (Phi) is 2.24. The minimum atomic E-state index is -0.506. The van der Waals surface area contributed by atoms with Crippen LogP contribution in [0.5, 0.6) is 0 Å². The van der Waals surface area contributed by atoms with E-state index in [4.69, 9.17) is 4.42 Å². The number of nitriles is 1. The molecule has 2 N–H and O–H groups in total. The number of aromatic nitrogens is 3. The highest BCUT2D eigenvalue weighted by molar-refractivity contribution is 5.73. The molecule has 0 aliphatic rings. The summed E-state index contributed by atoms with van der Waals surface area (Å²) in [5.74, 6) is -0.431. The number of imidazole rings is 1. The van der Waals surface area contributed by atoms with Crippen LogP contribution in [0.1, 0.15) is 17.3 Å². The molecule has 18 heavy (non-hydrogen) atoms. The van der Waals surface area contributed by atoms with Crippen molar-refractivity contribution in [3.8, 4) is 6.07 Å². The summed E-state index contributed by atoms with van der Waals surface area (Å²) in [6, 6.07) is 7.30. The highest BCUT2D eigenvalue weighted by Gasteiger charge is 2.16. The van der Waals surface area contributed by atoms with Crippen molar-refractivity contribution in [3.05, 3.63) is 52.5 Å². The zero-order valence-corrected chi connectivity index (χ0v) is 9.18. The van der Waals surface area contributed by atoms with Crippen LogP contribution >= 0.6 is 0 Å². The quantitative estimate of drug-likeness (QED) is 0.709. The van der Waals surface area contributed by atoms with E-state index in [0.29, 0.717) is 16.9 Å². The van der Waals surface area contributed by atoms with E-state index in [1.54, 1.807) is 30.6 Å². The Morgan fingerprint density at radius 2 is 2.33 bits per heavy atom. The molecule has 2 heterocycles. The van der Waals surface area contributed by atoms with Crippen molar-refractivity contribution >= 4 is 11.1 Å². The van der Waals surface area contributed by atoms with Crippen LogP contribution in [-0.4, -0.2) is 15.0 Å². The van der Waals surface area contributed by atoms with Gasteiger partial charge in [0.25, 0.3) is 0 Å². The Bertz CT molecular complexity index is 776. The van der Waals surface area contributed by atoms with Crippen LogP contribution in [0.2, 0.25) is 0 Å². The summed E-state index contributed by atoms with van der Waals surface area (Å²) < 4.78 is 4.91. The zero-order valence-electron chi connectivity index (χ0n) is 9.18. The van der Waals surface area contributed by atoms with E-state index in [1.165, 1.54) is 0 Å². The van der Waals surface area contributed by atoms with Gasteiger partial charge in [-0.15, -0.1) is 0 Å². The third-order valence-electron chi connectivity index (χ3n) is 2.70. The summed E-state index contributed by atoms with van der Waals surface area (Å²) in [7, 11) is 0. The SMILES string of the molecule is N#CC(c1ccc2oc(=O)[nH]c2c1)c1ncc[nH]1. The normalized spacial score (nSPS) is 12.4. The number of nitrogens with zero attached hydrogens (tertiary/aromatic N) is 2. The van der Waals surface area contributed by atoms with Crippen molar-refractivity contribution in [3.63, 3.8) is 0 Å². The van der Waals surface area contributed by atoms with Crippen molar-refractivity contribution in [1.29, 1.82) is 5.26 Å². The lowest BCUT2D eigenvalue weighted by molar-refractivity contribution is 0.555. The van der Waals surface area contributed by atoms with Crippen LogP contribution in [0.15, 0.2) is 39.8 Å². The van der Waals surface area contributed by atoms with E-state index in [9.17, 15) is 10.1 Å². The topological polar surface area (TPSA) is 98.5 Å². The van der Waals surface area contributed by atoms with Crippen LogP contribution in [0.25, 0.3) is 11.1 Å². The molecule has 0 spiro atoms. The molecule has 1 atom stereocenters. The number of nitrogens with one attached hydrogen (secondary N) is 2. The average Bonchev–Trinajstić information content (AvgIpc) is 2.97. The summed E-state index contributed by atoms with van der Waals surface area (Å²) in [5, 5.41) is 9.22. The lowest BCUT2D eigenvalue weighted by atomic mass is 10.00. The van der Waals surface area contributed by atoms with Crippen molar-refractivity contribution < 1.29 is 4.42 Å². The van der Waals surface area contributed by atoms with Gasteiger partial charge in [0.05, 0.1) is 11.6 Å². The van der Waals surface area contributed by atoms with Gasteiger partial charge in [-0.2, -0.15) is 5.26 Å². The molecule has 0 fully saturated rings.